The van der Waals surface area contributed by atoms with Gasteiger partial charge in [0.15, 0.2) is 5.16 Å². The van der Waals surface area contributed by atoms with E-state index in [9.17, 15) is 18.0 Å². The van der Waals surface area contributed by atoms with Crippen LogP contribution in [0.5, 0.6) is 0 Å². The zero-order valence-electron chi connectivity index (χ0n) is 14.7. The number of hydrogen-bond acceptors (Lipinski definition) is 6. The molecule has 2 aromatic rings. The van der Waals surface area contributed by atoms with Gasteiger partial charge in [-0.2, -0.15) is 0 Å². The first kappa shape index (κ1) is 19.6. The fraction of sp³-hybridized carbons (Fsp3) is 0.353. The number of nitrogens with one attached hydrogen (secondary N) is 1. The van der Waals surface area contributed by atoms with Gasteiger partial charge in [-0.15, -0.1) is 0 Å². The van der Waals surface area contributed by atoms with Gasteiger partial charge in [0.2, 0.25) is 15.9 Å². The van der Waals surface area contributed by atoms with E-state index in [-0.39, 0.29) is 28.8 Å². The van der Waals surface area contributed by atoms with Gasteiger partial charge in [-0.25, -0.2) is 18.5 Å². The number of fused-ring (bicyclic) bond motifs is 1. The maximum absolute atomic E-state index is 12.3. The summed E-state index contributed by atoms with van der Waals surface area (Å²) in [5, 5.41) is 8.56. The van der Waals surface area contributed by atoms with Gasteiger partial charge < -0.3 is 5.32 Å². The van der Waals surface area contributed by atoms with E-state index in [1.54, 1.807) is 29.8 Å². The van der Waals surface area contributed by atoms with E-state index in [1.165, 1.54) is 23.9 Å². The molecule has 0 aliphatic carbocycles. The average Bonchev–Trinajstić information content (AvgIpc) is 3.01. The van der Waals surface area contributed by atoms with Gasteiger partial charge in [-0.1, -0.05) is 23.9 Å². The van der Waals surface area contributed by atoms with E-state index in [0.717, 1.165) is 5.56 Å². The highest BCUT2D eigenvalue weighted by atomic mass is 32.2. The van der Waals surface area contributed by atoms with Crippen LogP contribution in [0.1, 0.15) is 23.6 Å². The van der Waals surface area contributed by atoms with Crippen molar-refractivity contribution in [1.82, 2.24) is 14.9 Å². The minimum Gasteiger partial charge on any atom is -0.356 e. The number of sulfonamides is 1. The lowest BCUT2D eigenvalue weighted by molar-refractivity contribution is -0.121. The Bertz CT molecular complexity index is 1020. The van der Waals surface area contributed by atoms with Crippen molar-refractivity contribution in [2.45, 2.75) is 35.9 Å². The summed E-state index contributed by atoms with van der Waals surface area (Å²) in [6.07, 6.45) is 2.34. The van der Waals surface area contributed by atoms with Gasteiger partial charge in [0, 0.05) is 30.5 Å². The summed E-state index contributed by atoms with van der Waals surface area (Å²) in [5.41, 5.74) is 1.35. The summed E-state index contributed by atoms with van der Waals surface area (Å²) in [6, 6.07) is 6.04. The summed E-state index contributed by atoms with van der Waals surface area (Å²) in [4.78, 5) is 28.8. The van der Waals surface area contributed by atoms with E-state index in [2.05, 4.69) is 10.3 Å². The molecule has 3 rings (SSSR count). The molecule has 27 heavy (non-hydrogen) atoms. The van der Waals surface area contributed by atoms with Crippen LogP contribution in [-0.2, 0) is 21.2 Å². The normalized spacial score (nSPS) is 16.1. The Balaban J connectivity index is 1.53. The van der Waals surface area contributed by atoms with Crippen molar-refractivity contribution in [3.63, 3.8) is 0 Å². The summed E-state index contributed by atoms with van der Waals surface area (Å²) in [6.45, 7) is 2.13. The molecule has 0 saturated heterocycles. The third kappa shape index (κ3) is 4.57. The molecule has 0 unspecified atom stereocenters. The topological polar surface area (TPSA) is 124 Å². The Labute approximate surface area is 161 Å². The molecule has 0 bridgehead atoms. The largest absolute Gasteiger partial charge is 0.356 e. The highest BCUT2D eigenvalue weighted by molar-refractivity contribution is 7.99. The number of benzene rings is 1. The SMILES string of the molecule is Cc1cnc2n(c1=O)[C@H](CC(=O)NCCc1ccc(S(N)(=O)=O)cc1)CS2. The van der Waals surface area contributed by atoms with Crippen molar-refractivity contribution in [3.05, 3.63) is 51.9 Å². The zero-order valence-corrected chi connectivity index (χ0v) is 16.3. The molecule has 0 saturated carbocycles. The molecule has 1 aliphatic heterocycles. The molecule has 2 heterocycles. The first-order valence-corrected chi connectivity index (χ1v) is 10.9. The second-order valence-corrected chi connectivity index (χ2v) is 8.91. The molecule has 10 heteroatoms. The van der Waals surface area contributed by atoms with Gasteiger partial charge in [0.1, 0.15) is 0 Å². The second kappa shape index (κ2) is 7.83. The molecular formula is C17H20N4O4S2. The van der Waals surface area contributed by atoms with Gasteiger partial charge in [0.25, 0.3) is 5.56 Å². The number of hydrogen-bond donors (Lipinski definition) is 2. The molecular weight excluding hydrogens is 388 g/mol. The lowest BCUT2D eigenvalue weighted by atomic mass is 10.1. The van der Waals surface area contributed by atoms with Crippen LogP contribution in [0.2, 0.25) is 0 Å². The average molecular weight is 409 g/mol. The summed E-state index contributed by atoms with van der Waals surface area (Å²) in [7, 11) is -3.70. The quantitative estimate of drug-likeness (QED) is 0.675. The van der Waals surface area contributed by atoms with Gasteiger partial charge in [-0.05, 0) is 31.0 Å². The van der Waals surface area contributed by atoms with Crippen molar-refractivity contribution < 1.29 is 13.2 Å². The minimum atomic E-state index is -3.70. The molecule has 0 radical (unpaired) electrons. The van der Waals surface area contributed by atoms with E-state index >= 15 is 0 Å². The van der Waals surface area contributed by atoms with Crippen LogP contribution < -0.4 is 16.0 Å². The maximum atomic E-state index is 12.3. The van der Waals surface area contributed by atoms with Crippen LogP contribution in [0.15, 0.2) is 45.3 Å². The summed E-state index contributed by atoms with van der Waals surface area (Å²) in [5.74, 6) is 0.511. The van der Waals surface area contributed by atoms with Crippen molar-refractivity contribution in [2.75, 3.05) is 12.3 Å². The van der Waals surface area contributed by atoms with E-state index in [0.29, 0.717) is 29.4 Å². The number of amides is 1. The molecule has 3 N–H and O–H groups in total. The van der Waals surface area contributed by atoms with Crippen molar-refractivity contribution >= 4 is 27.7 Å². The highest BCUT2D eigenvalue weighted by Crippen LogP contribution is 2.31. The molecule has 1 aromatic heterocycles. The third-order valence-electron chi connectivity index (χ3n) is 4.31. The minimum absolute atomic E-state index is 0.0574. The molecule has 0 spiro atoms. The lowest BCUT2D eigenvalue weighted by Gasteiger charge is -2.13. The summed E-state index contributed by atoms with van der Waals surface area (Å²) >= 11 is 1.48. The monoisotopic (exact) mass is 408 g/mol. The van der Waals surface area contributed by atoms with E-state index in [4.69, 9.17) is 5.14 Å². The number of primary sulfonamides is 1. The molecule has 1 aromatic carbocycles. The van der Waals surface area contributed by atoms with Gasteiger partial charge in [-0.3, -0.25) is 14.2 Å². The lowest BCUT2D eigenvalue weighted by Crippen LogP contribution is -2.32. The third-order valence-corrected chi connectivity index (χ3v) is 6.35. The Morgan fingerprint density at radius 2 is 2.07 bits per heavy atom. The van der Waals surface area contributed by atoms with Crippen LogP contribution in [0, 0.1) is 6.92 Å². The van der Waals surface area contributed by atoms with Crippen LogP contribution in [-0.4, -0.2) is 36.2 Å². The van der Waals surface area contributed by atoms with E-state index in [1.807, 2.05) is 0 Å². The first-order chi connectivity index (χ1) is 12.8. The molecule has 0 fully saturated rings. The number of thioether (sulfide) groups is 1. The van der Waals surface area contributed by atoms with Crippen molar-refractivity contribution in [1.29, 1.82) is 0 Å². The Morgan fingerprint density at radius 1 is 1.37 bits per heavy atom. The number of rotatable bonds is 6. The predicted octanol–water partition coefficient (Wildman–Crippen LogP) is 0.595. The smallest absolute Gasteiger partial charge is 0.257 e. The van der Waals surface area contributed by atoms with E-state index < -0.39 is 10.0 Å². The number of carbonyl (C=O) groups is 1. The number of aromatic nitrogens is 2. The Kier molecular flexibility index (Phi) is 5.68. The Hall–Kier alpha value is -2.17. The van der Waals surface area contributed by atoms with Crippen LogP contribution >= 0.6 is 11.8 Å². The van der Waals surface area contributed by atoms with Gasteiger partial charge in [0.05, 0.1) is 10.9 Å². The second-order valence-electron chi connectivity index (χ2n) is 6.36. The highest BCUT2D eigenvalue weighted by Gasteiger charge is 2.27. The van der Waals surface area contributed by atoms with Crippen molar-refractivity contribution in [3.8, 4) is 0 Å². The fourth-order valence-electron chi connectivity index (χ4n) is 2.85. The Morgan fingerprint density at radius 3 is 2.74 bits per heavy atom. The number of nitrogens with zero attached hydrogens (tertiary/aromatic N) is 2. The maximum Gasteiger partial charge on any atom is 0.257 e. The predicted molar refractivity (Wildman–Crippen MR) is 102 cm³/mol. The fourth-order valence-corrected chi connectivity index (χ4v) is 4.47. The van der Waals surface area contributed by atoms with Crippen LogP contribution in [0.25, 0.3) is 0 Å². The van der Waals surface area contributed by atoms with Crippen molar-refractivity contribution in [2.24, 2.45) is 5.14 Å². The molecule has 1 amide bonds. The molecule has 8 nitrogen and oxygen atoms in total. The molecule has 1 aliphatic rings. The molecule has 1 atom stereocenters. The number of nitrogens with two attached hydrogens (primary N) is 1. The van der Waals surface area contributed by atoms with Crippen LogP contribution in [0.4, 0.5) is 0 Å². The summed E-state index contributed by atoms with van der Waals surface area (Å²) < 4.78 is 24.1. The number of aryl methyl sites for hydroxylation is 1. The van der Waals surface area contributed by atoms with Crippen LogP contribution in [0.3, 0.4) is 0 Å². The standard InChI is InChI=1S/C17H20N4O4S2/c1-11-9-20-17-21(16(11)23)13(10-26-17)8-15(22)19-7-6-12-2-4-14(5-3-12)27(18,24)25/h2-5,9,13H,6-8,10H2,1H3,(H,19,22)(H2,18,24,25)/t13-/m1/s1. The zero-order chi connectivity index (χ0) is 19.6. The molecule has 144 valence electrons. The first-order valence-electron chi connectivity index (χ1n) is 8.35. The van der Waals surface area contributed by atoms with Gasteiger partial charge >= 0.3 is 0 Å². The number of carbonyl (C=O) groups excluding carboxylic acids is 1.